The second-order valence-corrected chi connectivity index (χ2v) is 6.53. The number of carbonyl (C=O) groups excluding carboxylic acids is 1. The molecule has 2 atom stereocenters. The van der Waals surface area contributed by atoms with E-state index in [1.165, 1.54) is 0 Å². The normalized spacial score (nSPS) is 23.8. The van der Waals surface area contributed by atoms with Gasteiger partial charge in [-0.1, -0.05) is 13.8 Å². The van der Waals surface area contributed by atoms with Crippen LogP contribution in [0, 0.1) is 0 Å². The summed E-state index contributed by atoms with van der Waals surface area (Å²) in [6.07, 6.45) is 1.64. The Balaban J connectivity index is 2.09. The van der Waals surface area contributed by atoms with Crippen LogP contribution in [0.2, 0.25) is 0 Å². The van der Waals surface area contributed by atoms with E-state index in [-0.39, 0.29) is 5.91 Å². The van der Waals surface area contributed by atoms with Crippen molar-refractivity contribution in [1.29, 1.82) is 0 Å². The number of nitrogens with zero attached hydrogens (tertiary/aromatic N) is 2. The van der Waals surface area contributed by atoms with Crippen molar-refractivity contribution in [3.8, 4) is 0 Å². The quantitative estimate of drug-likeness (QED) is 0.889. The fourth-order valence-electron chi connectivity index (χ4n) is 2.19. The minimum Gasteiger partial charge on any atom is -0.373 e. The van der Waals surface area contributed by atoms with Crippen molar-refractivity contribution in [3.05, 3.63) is 23.9 Å². The molecule has 5 heteroatoms. The first-order chi connectivity index (χ1) is 8.60. The zero-order valence-corrected chi connectivity index (χ0v) is 11.8. The van der Waals surface area contributed by atoms with Gasteiger partial charge in [0.15, 0.2) is 0 Å². The third-order valence-corrected chi connectivity index (χ3v) is 4.20. The zero-order valence-electron chi connectivity index (χ0n) is 11.0. The molecule has 1 fully saturated rings. The smallest absolute Gasteiger partial charge is 0.255 e. The van der Waals surface area contributed by atoms with E-state index in [2.05, 4.69) is 24.1 Å². The molecule has 0 aromatic carbocycles. The number of amides is 1. The molecule has 2 unspecified atom stereocenters. The van der Waals surface area contributed by atoms with Crippen molar-refractivity contribution in [2.45, 2.75) is 24.3 Å². The Morgan fingerprint density at radius 1 is 1.39 bits per heavy atom. The Morgan fingerprint density at radius 3 is 2.56 bits per heavy atom. The molecule has 0 aliphatic carbocycles. The molecule has 18 heavy (non-hydrogen) atoms. The molecule has 1 aliphatic rings. The predicted molar refractivity (Wildman–Crippen MR) is 76.2 cm³/mol. The highest BCUT2D eigenvalue weighted by molar-refractivity contribution is 8.00. The number of rotatable bonds is 2. The Morgan fingerprint density at radius 2 is 2.06 bits per heavy atom. The Labute approximate surface area is 112 Å². The summed E-state index contributed by atoms with van der Waals surface area (Å²) in [5.74, 6) is 0.867. The molecule has 1 aliphatic heterocycles. The third-order valence-electron chi connectivity index (χ3n) is 2.97. The minimum atomic E-state index is 0.0872. The number of nitrogens with one attached hydrogen (secondary N) is 1. The number of thioether (sulfide) groups is 1. The largest absolute Gasteiger partial charge is 0.373 e. The van der Waals surface area contributed by atoms with Crippen molar-refractivity contribution >= 4 is 23.5 Å². The van der Waals surface area contributed by atoms with Gasteiger partial charge in [-0.25, -0.2) is 4.98 Å². The molecular weight excluding hydrogens is 246 g/mol. The van der Waals surface area contributed by atoms with Crippen molar-refractivity contribution in [2.75, 3.05) is 25.5 Å². The van der Waals surface area contributed by atoms with Gasteiger partial charge in [0.25, 0.3) is 5.91 Å². The second kappa shape index (κ2) is 5.61. The lowest BCUT2D eigenvalue weighted by atomic mass is 10.2. The Hall–Kier alpha value is -1.23. The van der Waals surface area contributed by atoms with Gasteiger partial charge in [0.2, 0.25) is 0 Å². The highest BCUT2D eigenvalue weighted by Crippen LogP contribution is 2.25. The summed E-state index contributed by atoms with van der Waals surface area (Å²) in [4.78, 5) is 18.5. The summed E-state index contributed by atoms with van der Waals surface area (Å²) in [5, 5.41) is 3.95. The molecule has 2 rings (SSSR count). The predicted octanol–water partition coefficient (Wildman–Crippen LogP) is 2.09. The summed E-state index contributed by atoms with van der Waals surface area (Å²) in [7, 11) is 1.81. The van der Waals surface area contributed by atoms with Crippen LogP contribution in [0.1, 0.15) is 24.2 Å². The van der Waals surface area contributed by atoms with Crippen molar-refractivity contribution < 1.29 is 4.79 Å². The van der Waals surface area contributed by atoms with Crippen LogP contribution in [0.4, 0.5) is 5.82 Å². The van der Waals surface area contributed by atoms with Crippen molar-refractivity contribution in [2.24, 2.45) is 0 Å². The van der Waals surface area contributed by atoms with Crippen LogP contribution in [0.15, 0.2) is 18.3 Å². The molecule has 4 nitrogen and oxygen atoms in total. The van der Waals surface area contributed by atoms with Crippen molar-refractivity contribution in [3.63, 3.8) is 0 Å². The standard InChI is InChI=1S/C13H19N3OS/c1-9-7-16(8-10(2)18-9)13(17)11-4-5-12(14-3)15-6-11/h4-6,9-10H,7-8H2,1-3H3,(H,14,15). The zero-order chi connectivity index (χ0) is 13.1. The SMILES string of the molecule is CNc1ccc(C(=O)N2CC(C)SC(C)C2)cn1. The molecule has 1 aromatic rings. The highest BCUT2D eigenvalue weighted by atomic mass is 32.2. The van der Waals surface area contributed by atoms with Gasteiger partial charge in [-0.05, 0) is 12.1 Å². The van der Waals surface area contributed by atoms with Gasteiger partial charge in [0.1, 0.15) is 5.82 Å². The van der Waals surface area contributed by atoms with Crippen molar-refractivity contribution in [1.82, 2.24) is 9.88 Å². The number of anilines is 1. The van der Waals surface area contributed by atoms with E-state index in [0.29, 0.717) is 16.1 Å². The van der Waals surface area contributed by atoms with Gasteiger partial charge in [-0.2, -0.15) is 11.8 Å². The number of pyridine rings is 1. The molecule has 1 N–H and O–H groups in total. The van der Waals surface area contributed by atoms with Crippen LogP contribution >= 0.6 is 11.8 Å². The van der Waals surface area contributed by atoms with Crippen LogP contribution in [-0.4, -0.2) is 46.4 Å². The first kappa shape index (κ1) is 13.2. The maximum atomic E-state index is 12.3. The van der Waals surface area contributed by atoms with Crippen LogP contribution in [-0.2, 0) is 0 Å². The molecule has 98 valence electrons. The third kappa shape index (κ3) is 2.96. The Bertz CT molecular complexity index is 411. The minimum absolute atomic E-state index is 0.0872. The fourth-order valence-corrected chi connectivity index (χ4v) is 3.52. The number of hydrogen-bond donors (Lipinski definition) is 1. The molecule has 2 heterocycles. The number of carbonyl (C=O) groups is 1. The van der Waals surface area contributed by atoms with E-state index < -0.39 is 0 Å². The first-order valence-electron chi connectivity index (χ1n) is 6.18. The lowest BCUT2D eigenvalue weighted by Gasteiger charge is -2.34. The van der Waals surface area contributed by atoms with E-state index in [0.717, 1.165) is 18.9 Å². The van der Waals surface area contributed by atoms with Gasteiger partial charge in [-0.3, -0.25) is 4.79 Å². The van der Waals surface area contributed by atoms with E-state index in [1.807, 2.05) is 35.8 Å². The van der Waals surface area contributed by atoms with E-state index in [9.17, 15) is 4.79 Å². The lowest BCUT2D eigenvalue weighted by molar-refractivity contribution is 0.0753. The Kier molecular flexibility index (Phi) is 4.11. The van der Waals surface area contributed by atoms with Gasteiger partial charge in [0.05, 0.1) is 5.56 Å². The summed E-state index contributed by atoms with van der Waals surface area (Å²) in [5.41, 5.74) is 0.667. The van der Waals surface area contributed by atoms with Gasteiger partial charge >= 0.3 is 0 Å². The van der Waals surface area contributed by atoms with Crippen LogP contribution in [0.25, 0.3) is 0 Å². The van der Waals surface area contributed by atoms with E-state index in [4.69, 9.17) is 0 Å². The maximum absolute atomic E-state index is 12.3. The van der Waals surface area contributed by atoms with Gasteiger partial charge < -0.3 is 10.2 Å². The van der Waals surface area contributed by atoms with Gasteiger partial charge in [0, 0.05) is 36.8 Å². The fraction of sp³-hybridized carbons (Fsp3) is 0.538. The average Bonchev–Trinajstić information content (AvgIpc) is 2.37. The van der Waals surface area contributed by atoms with Crippen LogP contribution < -0.4 is 5.32 Å². The molecule has 0 bridgehead atoms. The van der Waals surface area contributed by atoms with E-state index in [1.54, 1.807) is 6.20 Å². The maximum Gasteiger partial charge on any atom is 0.255 e. The molecule has 1 amide bonds. The van der Waals surface area contributed by atoms with Crippen LogP contribution in [0.3, 0.4) is 0 Å². The molecule has 1 saturated heterocycles. The lowest BCUT2D eigenvalue weighted by Crippen LogP contribution is -2.44. The molecular formula is C13H19N3OS. The number of hydrogen-bond acceptors (Lipinski definition) is 4. The average molecular weight is 265 g/mol. The molecule has 1 aromatic heterocycles. The molecule has 0 saturated carbocycles. The van der Waals surface area contributed by atoms with Gasteiger partial charge in [-0.15, -0.1) is 0 Å². The highest BCUT2D eigenvalue weighted by Gasteiger charge is 2.26. The number of aromatic nitrogens is 1. The molecule has 0 spiro atoms. The monoisotopic (exact) mass is 265 g/mol. The summed E-state index contributed by atoms with van der Waals surface area (Å²) < 4.78 is 0. The molecule has 0 radical (unpaired) electrons. The second-order valence-electron chi connectivity index (χ2n) is 4.65. The van der Waals surface area contributed by atoms with E-state index >= 15 is 0 Å². The summed E-state index contributed by atoms with van der Waals surface area (Å²) in [6.45, 7) is 5.98. The first-order valence-corrected chi connectivity index (χ1v) is 7.13. The topological polar surface area (TPSA) is 45.2 Å². The summed E-state index contributed by atoms with van der Waals surface area (Å²) >= 11 is 1.94. The van der Waals surface area contributed by atoms with Crippen LogP contribution in [0.5, 0.6) is 0 Å². The summed E-state index contributed by atoms with van der Waals surface area (Å²) in [6, 6.07) is 3.66.